The maximum Gasteiger partial charge on any atom is 0.256 e. The van der Waals surface area contributed by atoms with Crippen molar-refractivity contribution < 1.29 is 14.0 Å². The number of hydrogen-bond acceptors (Lipinski definition) is 3. The Bertz CT molecular complexity index is 706. The van der Waals surface area contributed by atoms with Crippen LogP contribution in [0.5, 0.6) is 0 Å². The summed E-state index contributed by atoms with van der Waals surface area (Å²) in [6.45, 7) is 1.38. The molecule has 0 atom stereocenters. The van der Waals surface area contributed by atoms with Crippen LogP contribution < -0.4 is 10.6 Å². The predicted molar refractivity (Wildman–Crippen MR) is 80.6 cm³/mol. The van der Waals surface area contributed by atoms with Gasteiger partial charge in [-0.3, -0.25) is 9.59 Å². The van der Waals surface area contributed by atoms with Crippen LogP contribution in [0.15, 0.2) is 41.0 Å². The number of carbonyl (C=O) groups is 2. The van der Waals surface area contributed by atoms with E-state index in [4.69, 9.17) is 0 Å². The third kappa shape index (κ3) is 4.09. The molecular formula is C14H11BrFN3O2. The number of anilines is 2. The van der Waals surface area contributed by atoms with Crippen LogP contribution in [0.2, 0.25) is 0 Å². The third-order valence-electron chi connectivity index (χ3n) is 2.48. The number of nitrogens with zero attached hydrogens (tertiary/aromatic N) is 1. The SMILES string of the molecule is CC(=O)Nc1cccc(C(=O)Nc2ncc(F)cc2Br)c1. The zero-order chi connectivity index (χ0) is 15.4. The van der Waals surface area contributed by atoms with Gasteiger partial charge in [0.25, 0.3) is 5.91 Å². The molecule has 0 aliphatic rings. The van der Waals surface area contributed by atoms with E-state index in [1.165, 1.54) is 19.1 Å². The molecule has 21 heavy (non-hydrogen) atoms. The Kier molecular flexibility index (Phi) is 4.64. The standard InChI is InChI=1S/C14H11BrFN3O2/c1-8(20)18-11-4-2-3-9(5-11)14(21)19-13-12(15)6-10(16)7-17-13/h2-7H,1H3,(H,18,20)(H,17,19,21). The molecule has 2 rings (SSSR count). The molecule has 0 spiro atoms. The lowest BCUT2D eigenvalue weighted by molar-refractivity contribution is -0.114. The predicted octanol–water partition coefficient (Wildman–Crippen LogP) is 3.19. The first-order valence-electron chi connectivity index (χ1n) is 5.96. The average molecular weight is 352 g/mol. The molecule has 1 aromatic heterocycles. The minimum Gasteiger partial charge on any atom is -0.326 e. The highest BCUT2D eigenvalue weighted by Crippen LogP contribution is 2.21. The monoisotopic (exact) mass is 351 g/mol. The van der Waals surface area contributed by atoms with Crippen LogP contribution in [0.4, 0.5) is 15.9 Å². The second kappa shape index (κ2) is 6.45. The fourth-order valence-electron chi connectivity index (χ4n) is 1.63. The molecule has 108 valence electrons. The van der Waals surface area contributed by atoms with Gasteiger partial charge in [-0.2, -0.15) is 0 Å². The fraction of sp³-hybridized carbons (Fsp3) is 0.0714. The van der Waals surface area contributed by atoms with Gasteiger partial charge in [-0.15, -0.1) is 0 Å². The topological polar surface area (TPSA) is 71.1 Å². The molecule has 2 amide bonds. The Labute approximate surface area is 128 Å². The molecule has 0 unspecified atom stereocenters. The molecule has 1 aromatic carbocycles. The molecule has 0 saturated carbocycles. The summed E-state index contributed by atoms with van der Waals surface area (Å²) in [5.41, 5.74) is 0.862. The van der Waals surface area contributed by atoms with Crippen molar-refractivity contribution in [2.45, 2.75) is 6.92 Å². The smallest absolute Gasteiger partial charge is 0.256 e. The lowest BCUT2D eigenvalue weighted by Gasteiger charge is -2.08. The summed E-state index contributed by atoms with van der Waals surface area (Å²) in [6, 6.07) is 7.65. The summed E-state index contributed by atoms with van der Waals surface area (Å²) in [5.74, 6) is -0.934. The first-order valence-corrected chi connectivity index (χ1v) is 6.75. The van der Waals surface area contributed by atoms with E-state index in [1.807, 2.05) is 0 Å². The van der Waals surface area contributed by atoms with E-state index in [0.29, 0.717) is 15.7 Å². The first kappa shape index (κ1) is 15.1. The van der Waals surface area contributed by atoms with Gasteiger partial charge in [0, 0.05) is 18.2 Å². The van der Waals surface area contributed by atoms with Crippen molar-refractivity contribution in [1.82, 2.24) is 4.98 Å². The van der Waals surface area contributed by atoms with Gasteiger partial charge in [0.1, 0.15) is 11.6 Å². The molecule has 7 heteroatoms. The van der Waals surface area contributed by atoms with Gasteiger partial charge in [-0.05, 0) is 40.2 Å². The highest BCUT2D eigenvalue weighted by atomic mass is 79.9. The number of nitrogens with one attached hydrogen (secondary N) is 2. The Hall–Kier alpha value is -2.28. The highest BCUT2D eigenvalue weighted by molar-refractivity contribution is 9.10. The lowest BCUT2D eigenvalue weighted by atomic mass is 10.2. The molecular weight excluding hydrogens is 341 g/mol. The van der Waals surface area contributed by atoms with Gasteiger partial charge >= 0.3 is 0 Å². The van der Waals surface area contributed by atoms with Gasteiger partial charge in [-0.1, -0.05) is 6.07 Å². The number of amides is 2. The number of halogens is 2. The Morgan fingerprint density at radius 2 is 2.00 bits per heavy atom. The number of pyridine rings is 1. The van der Waals surface area contributed by atoms with E-state index >= 15 is 0 Å². The minimum atomic E-state index is -0.507. The molecule has 1 heterocycles. The molecule has 0 aliphatic carbocycles. The third-order valence-corrected chi connectivity index (χ3v) is 3.09. The van der Waals surface area contributed by atoms with Crippen LogP contribution in [0.1, 0.15) is 17.3 Å². The Morgan fingerprint density at radius 1 is 1.24 bits per heavy atom. The van der Waals surface area contributed by atoms with E-state index < -0.39 is 11.7 Å². The van der Waals surface area contributed by atoms with Crippen molar-refractivity contribution in [3.8, 4) is 0 Å². The second-order valence-electron chi connectivity index (χ2n) is 4.20. The van der Waals surface area contributed by atoms with E-state index in [0.717, 1.165) is 6.20 Å². The summed E-state index contributed by atoms with van der Waals surface area (Å²) >= 11 is 3.12. The van der Waals surface area contributed by atoms with Crippen LogP contribution in [0, 0.1) is 5.82 Å². The summed E-state index contributed by atoms with van der Waals surface area (Å²) in [6.07, 6.45) is 1.01. The van der Waals surface area contributed by atoms with Gasteiger partial charge in [0.05, 0.1) is 10.7 Å². The van der Waals surface area contributed by atoms with Crippen LogP contribution in [-0.2, 0) is 4.79 Å². The average Bonchev–Trinajstić information content (AvgIpc) is 2.41. The quantitative estimate of drug-likeness (QED) is 0.891. The first-order chi connectivity index (χ1) is 9.95. The van der Waals surface area contributed by atoms with Crippen LogP contribution >= 0.6 is 15.9 Å². The lowest BCUT2D eigenvalue weighted by Crippen LogP contribution is -2.14. The number of benzene rings is 1. The van der Waals surface area contributed by atoms with Crippen molar-refractivity contribution in [2.75, 3.05) is 10.6 Å². The van der Waals surface area contributed by atoms with Crippen LogP contribution in [0.25, 0.3) is 0 Å². The van der Waals surface area contributed by atoms with Crippen molar-refractivity contribution in [1.29, 1.82) is 0 Å². The van der Waals surface area contributed by atoms with Crippen LogP contribution in [-0.4, -0.2) is 16.8 Å². The maximum atomic E-state index is 12.9. The van der Waals surface area contributed by atoms with Gasteiger partial charge in [0.15, 0.2) is 0 Å². The molecule has 0 bridgehead atoms. The summed E-state index contributed by atoms with van der Waals surface area (Å²) in [4.78, 5) is 26.9. The fourth-order valence-corrected chi connectivity index (χ4v) is 2.05. The van der Waals surface area contributed by atoms with Crippen molar-refractivity contribution in [2.24, 2.45) is 0 Å². The van der Waals surface area contributed by atoms with E-state index in [-0.39, 0.29) is 11.7 Å². The summed E-state index contributed by atoms with van der Waals surface area (Å²) in [5, 5.41) is 5.15. The summed E-state index contributed by atoms with van der Waals surface area (Å²) < 4.78 is 13.3. The van der Waals surface area contributed by atoms with Gasteiger partial charge in [-0.25, -0.2) is 9.37 Å². The van der Waals surface area contributed by atoms with E-state index in [1.54, 1.807) is 18.2 Å². The highest BCUT2D eigenvalue weighted by Gasteiger charge is 2.11. The number of rotatable bonds is 3. The zero-order valence-corrected chi connectivity index (χ0v) is 12.6. The Balaban J connectivity index is 2.18. The summed E-state index contributed by atoms with van der Waals surface area (Å²) in [7, 11) is 0. The zero-order valence-electron chi connectivity index (χ0n) is 11.0. The van der Waals surface area contributed by atoms with Gasteiger partial charge < -0.3 is 10.6 Å². The molecule has 2 aromatic rings. The molecule has 0 aliphatic heterocycles. The minimum absolute atomic E-state index is 0.214. The Morgan fingerprint density at radius 3 is 2.67 bits per heavy atom. The maximum absolute atomic E-state index is 12.9. The largest absolute Gasteiger partial charge is 0.326 e. The van der Waals surface area contributed by atoms with Crippen molar-refractivity contribution in [3.63, 3.8) is 0 Å². The van der Waals surface area contributed by atoms with Crippen molar-refractivity contribution in [3.05, 3.63) is 52.4 Å². The van der Waals surface area contributed by atoms with Crippen molar-refractivity contribution >= 4 is 39.2 Å². The molecule has 0 saturated heterocycles. The number of hydrogen-bond donors (Lipinski definition) is 2. The van der Waals surface area contributed by atoms with E-state index in [9.17, 15) is 14.0 Å². The second-order valence-corrected chi connectivity index (χ2v) is 5.05. The van der Waals surface area contributed by atoms with Gasteiger partial charge in [0.2, 0.25) is 5.91 Å². The number of carbonyl (C=O) groups excluding carboxylic acids is 2. The normalized spacial score (nSPS) is 10.0. The van der Waals surface area contributed by atoms with Crippen LogP contribution in [0.3, 0.4) is 0 Å². The molecule has 5 nitrogen and oxygen atoms in total. The van der Waals surface area contributed by atoms with E-state index in [2.05, 4.69) is 31.5 Å². The number of aromatic nitrogens is 1. The molecule has 2 N–H and O–H groups in total. The molecule has 0 fully saturated rings. The molecule has 0 radical (unpaired) electrons.